The molecule has 0 bridgehead atoms. The molecule has 3 aromatic carbocycles. The maximum atomic E-state index is 13.5. The van der Waals surface area contributed by atoms with Crippen molar-refractivity contribution in [3.63, 3.8) is 0 Å². The number of benzene rings is 3. The number of fused-ring (bicyclic) bond motifs is 4. The maximum Gasteiger partial charge on any atom is 0.333 e. The van der Waals surface area contributed by atoms with Gasteiger partial charge in [-0.3, -0.25) is 19.1 Å². The second-order valence-corrected chi connectivity index (χ2v) is 10.1. The van der Waals surface area contributed by atoms with Gasteiger partial charge in [0.05, 0.1) is 40.1 Å². The third kappa shape index (κ3) is 4.09. The molecule has 8 heteroatoms. The number of piperazine rings is 1. The molecule has 6 aromatic rings. The van der Waals surface area contributed by atoms with Crippen molar-refractivity contribution in [2.75, 3.05) is 38.1 Å². The highest BCUT2D eigenvalue weighted by atomic mass is 16.5. The van der Waals surface area contributed by atoms with Crippen molar-refractivity contribution in [3.8, 4) is 17.2 Å². The summed E-state index contributed by atoms with van der Waals surface area (Å²) in [5, 5.41) is 1.86. The third-order valence-corrected chi connectivity index (χ3v) is 7.63. The lowest BCUT2D eigenvalue weighted by molar-refractivity contribution is 0.313. The van der Waals surface area contributed by atoms with Crippen LogP contribution in [-0.2, 0) is 7.05 Å². The first-order valence-corrected chi connectivity index (χ1v) is 13.1. The van der Waals surface area contributed by atoms with E-state index in [1.54, 1.807) is 28.6 Å². The molecule has 1 aliphatic heterocycles. The van der Waals surface area contributed by atoms with Crippen LogP contribution in [0.4, 0.5) is 5.69 Å². The fourth-order valence-corrected chi connectivity index (χ4v) is 5.40. The molecule has 7 rings (SSSR count). The number of hydrogen-bond donors (Lipinski definition) is 0. The summed E-state index contributed by atoms with van der Waals surface area (Å²) in [5.74, 6) is 1.31. The molecule has 8 nitrogen and oxygen atoms in total. The summed E-state index contributed by atoms with van der Waals surface area (Å²) in [5.41, 5.74) is 5.16. The number of hydrogen-bond acceptors (Lipinski definition) is 6. The Labute approximate surface area is 225 Å². The molecule has 0 atom stereocenters. The van der Waals surface area contributed by atoms with E-state index in [-0.39, 0.29) is 5.69 Å². The molecule has 0 amide bonds. The Kier molecular flexibility index (Phi) is 5.56. The monoisotopic (exact) mass is 516 g/mol. The molecule has 194 valence electrons. The quantitative estimate of drug-likeness (QED) is 0.330. The normalized spacial score (nSPS) is 14.5. The van der Waals surface area contributed by atoms with Gasteiger partial charge in [-0.2, -0.15) is 0 Å². The predicted octanol–water partition coefficient (Wildman–Crippen LogP) is 4.97. The van der Waals surface area contributed by atoms with Crippen LogP contribution in [0.3, 0.4) is 0 Å². The first-order chi connectivity index (χ1) is 19.0. The van der Waals surface area contributed by atoms with Crippen LogP contribution in [0.2, 0.25) is 0 Å². The second kappa shape index (κ2) is 9.25. The van der Waals surface area contributed by atoms with E-state index in [0.717, 1.165) is 64.7 Å². The zero-order valence-corrected chi connectivity index (χ0v) is 21.9. The van der Waals surface area contributed by atoms with Gasteiger partial charge < -0.3 is 14.5 Å². The van der Waals surface area contributed by atoms with Gasteiger partial charge in [0.25, 0.3) is 0 Å². The molecule has 0 spiro atoms. The summed E-state index contributed by atoms with van der Waals surface area (Å²) in [6, 6.07) is 24.0. The molecule has 0 N–H and O–H groups in total. The Balaban J connectivity index is 1.31. The number of imidazole rings is 1. The lowest BCUT2D eigenvalue weighted by Gasteiger charge is -2.34. The maximum absolute atomic E-state index is 13.5. The first kappa shape index (κ1) is 23.4. The fraction of sp³-hybridized carbons (Fsp3) is 0.194. The van der Waals surface area contributed by atoms with Crippen molar-refractivity contribution in [1.82, 2.24) is 24.0 Å². The van der Waals surface area contributed by atoms with Crippen LogP contribution >= 0.6 is 0 Å². The van der Waals surface area contributed by atoms with Crippen LogP contribution in [0.15, 0.2) is 90.0 Å². The number of aryl methyl sites for hydroxylation is 1. The van der Waals surface area contributed by atoms with Gasteiger partial charge in [0.2, 0.25) is 0 Å². The number of pyridine rings is 2. The van der Waals surface area contributed by atoms with Gasteiger partial charge in [-0.25, -0.2) is 4.79 Å². The van der Waals surface area contributed by atoms with Gasteiger partial charge in [0.15, 0.2) is 0 Å². The van der Waals surface area contributed by atoms with Gasteiger partial charge in [0.1, 0.15) is 11.5 Å². The minimum absolute atomic E-state index is 0.114. The van der Waals surface area contributed by atoms with Crippen molar-refractivity contribution in [3.05, 3.63) is 95.7 Å². The molecule has 39 heavy (non-hydrogen) atoms. The summed E-state index contributed by atoms with van der Waals surface area (Å²) in [6.07, 6.45) is 3.49. The summed E-state index contributed by atoms with van der Waals surface area (Å²) in [4.78, 5) is 27.4. The third-order valence-electron chi connectivity index (χ3n) is 7.63. The Morgan fingerprint density at radius 2 is 1.49 bits per heavy atom. The number of likely N-dealkylation sites (N-methyl/N-ethyl adjacent to an activating group) is 1. The minimum Gasteiger partial charge on any atom is -0.456 e. The average Bonchev–Trinajstić information content (AvgIpc) is 3.23. The van der Waals surface area contributed by atoms with E-state index in [2.05, 4.69) is 38.9 Å². The fourth-order valence-electron chi connectivity index (χ4n) is 5.40. The summed E-state index contributed by atoms with van der Waals surface area (Å²) in [7, 11) is 3.94. The Bertz CT molecular complexity index is 1900. The van der Waals surface area contributed by atoms with Crippen LogP contribution in [0.5, 0.6) is 11.5 Å². The average molecular weight is 517 g/mol. The number of ether oxygens (including phenoxy) is 1. The van der Waals surface area contributed by atoms with E-state index >= 15 is 0 Å². The number of anilines is 1. The second-order valence-electron chi connectivity index (χ2n) is 10.1. The van der Waals surface area contributed by atoms with E-state index in [0.29, 0.717) is 11.5 Å². The zero-order valence-electron chi connectivity index (χ0n) is 21.9. The van der Waals surface area contributed by atoms with Gasteiger partial charge >= 0.3 is 5.69 Å². The molecular weight excluding hydrogens is 488 g/mol. The smallest absolute Gasteiger partial charge is 0.333 e. The lowest BCUT2D eigenvalue weighted by atomic mass is 10.1. The Morgan fingerprint density at radius 1 is 0.744 bits per heavy atom. The molecule has 0 aliphatic carbocycles. The number of nitrogens with zero attached hydrogens (tertiary/aromatic N) is 6. The van der Waals surface area contributed by atoms with E-state index in [4.69, 9.17) is 4.74 Å². The zero-order chi connectivity index (χ0) is 26.5. The van der Waals surface area contributed by atoms with Crippen molar-refractivity contribution in [2.45, 2.75) is 0 Å². The summed E-state index contributed by atoms with van der Waals surface area (Å²) < 4.78 is 9.65. The lowest BCUT2D eigenvalue weighted by Crippen LogP contribution is -2.44. The summed E-state index contributed by atoms with van der Waals surface area (Å²) >= 11 is 0. The van der Waals surface area contributed by atoms with E-state index in [1.807, 2.05) is 60.7 Å². The SMILES string of the molecule is CN1CCN(c2ccc(-n3c(=O)n(C)c4cnc5ccc(Oc6cnc7ccccc7c6)cc5c43)cc2)CC1. The van der Waals surface area contributed by atoms with Gasteiger partial charge in [-0.05, 0) is 61.6 Å². The van der Waals surface area contributed by atoms with Crippen LogP contribution in [0.1, 0.15) is 0 Å². The van der Waals surface area contributed by atoms with Crippen molar-refractivity contribution >= 4 is 38.5 Å². The largest absolute Gasteiger partial charge is 0.456 e. The molecule has 1 fully saturated rings. The number of para-hydroxylation sites is 1. The summed E-state index contributed by atoms with van der Waals surface area (Å²) in [6.45, 7) is 4.08. The van der Waals surface area contributed by atoms with E-state index in [1.165, 1.54) is 5.69 Å². The topological polar surface area (TPSA) is 68.4 Å². The van der Waals surface area contributed by atoms with Crippen LogP contribution in [-0.4, -0.2) is 57.2 Å². The van der Waals surface area contributed by atoms with E-state index in [9.17, 15) is 4.79 Å². The highest BCUT2D eigenvalue weighted by Gasteiger charge is 2.18. The molecule has 0 saturated carbocycles. The van der Waals surface area contributed by atoms with E-state index < -0.39 is 0 Å². The molecule has 3 aromatic heterocycles. The Hall–Kier alpha value is -4.69. The molecule has 4 heterocycles. The number of aromatic nitrogens is 4. The molecule has 0 radical (unpaired) electrons. The number of rotatable bonds is 4. The minimum atomic E-state index is -0.114. The molecular formula is C31H28N6O2. The highest BCUT2D eigenvalue weighted by Crippen LogP contribution is 2.31. The van der Waals surface area contributed by atoms with Crippen molar-refractivity contribution < 1.29 is 4.74 Å². The van der Waals surface area contributed by atoms with Crippen LogP contribution in [0.25, 0.3) is 38.5 Å². The van der Waals surface area contributed by atoms with Crippen molar-refractivity contribution in [1.29, 1.82) is 0 Å². The first-order valence-electron chi connectivity index (χ1n) is 13.1. The molecule has 1 saturated heterocycles. The Morgan fingerprint density at radius 3 is 2.31 bits per heavy atom. The standard InChI is InChI=1S/C31H28N6O2/c1-34-13-15-36(16-14-34)22-7-9-23(10-8-22)37-30-26-18-24(11-12-28(26)33-20-29(30)35(2)31(37)38)39-25-17-21-5-3-4-6-27(21)32-19-25/h3-12,17-20H,13-16H2,1-2H3. The highest BCUT2D eigenvalue weighted by molar-refractivity contribution is 6.03. The molecule has 0 unspecified atom stereocenters. The molecule has 1 aliphatic rings. The van der Waals surface area contributed by atoms with Gasteiger partial charge in [-0.1, -0.05) is 18.2 Å². The van der Waals surface area contributed by atoms with Crippen LogP contribution < -0.4 is 15.3 Å². The van der Waals surface area contributed by atoms with Gasteiger partial charge in [0, 0.05) is 49.7 Å². The van der Waals surface area contributed by atoms with Crippen LogP contribution in [0, 0.1) is 0 Å². The predicted molar refractivity (Wildman–Crippen MR) is 155 cm³/mol. The van der Waals surface area contributed by atoms with Gasteiger partial charge in [-0.15, -0.1) is 0 Å². The van der Waals surface area contributed by atoms with Crippen molar-refractivity contribution in [2.24, 2.45) is 7.05 Å².